The number of allylic oxidation sites excluding steroid dienone is 2. The number of rotatable bonds is 1. The van der Waals surface area contributed by atoms with Crippen molar-refractivity contribution in [2.24, 2.45) is 10.8 Å². The molecule has 2 fully saturated rings. The van der Waals surface area contributed by atoms with Crippen LogP contribution in [0.5, 0.6) is 0 Å². The van der Waals surface area contributed by atoms with Crippen LogP contribution in [0.1, 0.15) is 46.5 Å². The lowest BCUT2D eigenvalue weighted by Gasteiger charge is -2.58. The molecule has 2 aliphatic carbocycles. The van der Waals surface area contributed by atoms with Crippen molar-refractivity contribution in [3.8, 4) is 0 Å². The van der Waals surface area contributed by atoms with E-state index < -0.39 is 20.9 Å². The maximum Gasteiger partial charge on any atom is 0.178 e. The van der Waals surface area contributed by atoms with Crippen LogP contribution in [0, 0.1) is 10.8 Å². The van der Waals surface area contributed by atoms with Crippen molar-refractivity contribution in [1.82, 2.24) is 0 Å². The normalized spacial score (nSPS) is 45.2. The molecule has 102 valence electrons. The molecule has 0 aromatic heterocycles. The van der Waals surface area contributed by atoms with Crippen LogP contribution in [0.25, 0.3) is 0 Å². The molecule has 1 heterocycles. The summed E-state index contributed by atoms with van der Waals surface area (Å²) in [6.07, 6.45) is 8.13. The van der Waals surface area contributed by atoms with Gasteiger partial charge in [-0.3, -0.25) is 0 Å². The van der Waals surface area contributed by atoms with Gasteiger partial charge < -0.3 is 4.74 Å². The third-order valence-corrected chi connectivity index (χ3v) is 7.13. The predicted molar refractivity (Wildman–Crippen MR) is 70.9 cm³/mol. The molecule has 18 heavy (non-hydrogen) atoms. The van der Waals surface area contributed by atoms with Crippen LogP contribution in [0.15, 0.2) is 12.2 Å². The van der Waals surface area contributed by atoms with Crippen molar-refractivity contribution in [1.29, 1.82) is 0 Å². The second kappa shape index (κ2) is 3.40. The third-order valence-electron chi connectivity index (χ3n) is 4.98. The first-order chi connectivity index (χ1) is 8.21. The summed E-state index contributed by atoms with van der Waals surface area (Å²) in [7, 11) is -3.12. The Labute approximate surface area is 110 Å². The van der Waals surface area contributed by atoms with E-state index in [-0.39, 0.29) is 10.8 Å². The monoisotopic (exact) mass is 270 g/mol. The van der Waals surface area contributed by atoms with Crippen molar-refractivity contribution in [3.63, 3.8) is 0 Å². The highest BCUT2D eigenvalue weighted by atomic mass is 32.2. The van der Waals surface area contributed by atoms with Gasteiger partial charge in [0.2, 0.25) is 0 Å². The molecule has 0 radical (unpaired) electrons. The highest BCUT2D eigenvalue weighted by molar-refractivity contribution is 7.92. The SMILES string of the molecule is CC(C)(C)O[C@@H]1[C@@]23CC=CC[C@@]2(CC3)CS1(=O)=O. The van der Waals surface area contributed by atoms with E-state index in [9.17, 15) is 8.42 Å². The molecule has 0 N–H and O–H groups in total. The van der Waals surface area contributed by atoms with Crippen LogP contribution in [0.4, 0.5) is 0 Å². The predicted octanol–water partition coefficient (Wildman–Crippen LogP) is 2.67. The summed E-state index contributed by atoms with van der Waals surface area (Å²) in [6.45, 7) is 5.82. The van der Waals surface area contributed by atoms with Crippen molar-refractivity contribution < 1.29 is 13.2 Å². The van der Waals surface area contributed by atoms with Gasteiger partial charge >= 0.3 is 0 Å². The molecule has 1 saturated carbocycles. The molecule has 0 bridgehead atoms. The molecule has 3 rings (SSSR count). The van der Waals surface area contributed by atoms with Crippen LogP contribution >= 0.6 is 0 Å². The van der Waals surface area contributed by atoms with E-state index >= 15 is 0 Å². The standard InChI is InChI=1S/C14H22O3S/c1-12(2,3)17-11-14-7-5-4-6-13(14,8-9-14)10-18(11,15)16/h4-5,11H,6-10H2,1-3H3/t11-,13+,14-/m0/s1. The minimum absolute atomic E-state index is 0.0174. The zero-order valence-electron chi connectivity index (χ0n) is 11.4. The maximum absolute atomic E-state index is 12.5. The Morgan fingerprint density at radius 2 is 1.83 bits per heavy atom. The second-order valence-corrected chi connectivity index (χ2v) is 9.23. The Hall–Kier alpha value is -0.350. The summed E-state index contributed by atoms with van der Waals surface area (Å²) in [4.78, 5) is 0. The lowest BCUT2D eigenvalue weighted by molar-refractivity contribution is -0.157. The molecule has 0 amide bonds. The number of ether oxygens (including phenoxy) is 1. The fourth-order valence-corrected chi connectivity index (χ4v) is 7.13. The molecule has 0 aromatic carbocycles. The fourth-order valence-electron chi connectivity index (χ4n) is 4.08. The average molecular weight is 270 g/mol. The number of sulfone groups is 1. The lowest BCUT2D eigenvalue weighted by Crippen LogP contribution is -2.56. The molecule has 0 unspecified atom stereocenters. The fraction of sp³-hybridized carbons (Fsp3) is 0.857. The van der Waals surface area contributed by atoms with Gasteiger partial charge in [-0.2, -0.15) is 0 Å². The first-order valence-electron chi connectivity index (χ1n) is 6.75. The van der Waals surface area contributed by atoms with Crippen LogP contribution < -0.4 is 0 Å². The summed E-state index contributed by atoms with van der Waals surface area (Å²) in [6, 6.07) is 0. The summed E-state index contributed by atoms with van der Waals surface area (Å²) in [5, 5.41) is 0. The minimum atomic E-state index is -3.12. The van der Waals surface area contributed by atoms with Crippen molar-refractivity contribution in [2.75, 3.05) is 5.75 Å². The van der Waals surface area contributed by atoms with E-state index in [0.717, 1.165) is 25.7 Å². The molecule has 3 nitrogen and oxygen atoms in total. The van der Waals surface area contributed by atoms with Crippen molar-refractivity contribution in [3.05, 3.63) is 12.2 Å². The Balaban J connectivity index is 2.04. The van der Waals surface area contributed by atoms with E-state index in [1.54, 1.807) is 0 Å². The van der Waals surface area contributed by atoms with Gasteiger partial charge in [0.15, 0.2) is 15.3 Å². The van der Waals surface area contributed by atoms with Crippen LogP contribution in [0.2, 0.25) is 0 Å². The van der Waals surface area contributed by atoms with Gasteiger partial charge in [0.25, 0.3) is 0 Å². The van der Waals surface area contributed by atoms with E-state index in [2.05, 4.69) is 12.2 Å². The van der Waals surface area contributed by atoms with Gasteiger partial charge in [0, 0.05) is 5.41 Å². The molecule has 0 spiro atoms. The molecule has 3 aliphatic rings. The van der Waals surface area contributed by atoms with E-state index in [1.807, 2.05) is 20.8 Å². The zero-order chi connectivity index (χ0) is 13.2. The highest BCUT2D eigenvalue weighted by Crippen LogP contribution is 2.70. The second-order valence-electron chi connectivity index (χ2n) is 7.19. The maximum atomic E-state index is 12.5. The van der Waals surface area contributed by atoms with E-state index in [4.69, 9.17) is 4.74 Å². The third kappa shape index (κ3) is 1.48. The first-order valence-corrected chi connectivity index (χ1v) is 8.47. The summed E-state index contributed by atoms with van der Waals surface area (Å²) >= 11 is 0. The van der Waals surface area contributed by atoms with Crippen molar-refractivity contribution >= 4 is 9.84 Å². The van der Waals surface area contributed by atoms with Crippen LogP contribution in [0.3, 0.4) is 0 Å². The van der Waals surface area contributed by atoms with Gasteiger partial charge in [-0.1, -0.05) is 12.2 Å². The highest BCUT2D eigenvalue weighted by Gasteiger charge is 2.72. The summed E-state index contributed by atoms with van der Waals surface area (Å²) in [5.74, 6) is 0.324. The first kappa shape index (κ1) is 12.7. The van der Waals surface area contributed by atoms with Gasteiger partial charge in [-0.25, -0.2) is 8.42 Å². The van der Waals surface area contributed by atoms with Gasteiger partial charge in [0.1, 0.15) is 0 Å². The van der Waals surface area contributed by atoms with E-state index in [1.165, 1.54) is 0 Å². The van der Waals surface area contributed by atoms with Gasteiger partial charge in [0.05, 0.1) is 11.4 Å². The molecule has 1 aliphatic heterocycles. The minimum Gasteiger partial charge on any atom is -0.356 e. The number of hydrogen-bond acceptors (Lipinski definition) is 3. The van der Waals surface area contributed by atoms with Gasteiger partial charge in [-0.15, -0.1) is 0 Å². The Bertz CT molecular complexity index is 500. The zero-order valence-corrected chi connectivity index (χ0v) is 12.2. The Morgan fingerprint density at radius 1 is 1.17 bits per heavy atom. The van der Waals surface area contributed by atoms with E-state index in [0.29, 0.717) is 5.75 Å². The lowest BCUT2D eigenvalue weighted by atomic mass is 9.46. The molecule has 3 atom stereocenters. The number of hydrogen-bond donors (Lipinski definition) is 0. The largest absolute Gasteiger partial charge is 0.356 e. The quantitative estimate of drug-likeness (QED) is 0.688. The topological polar surface area (TPSA) is 43.4 Å². The van der Waals surface area contributed by atoms with Crippen LogP contribution in [-0.2, 0) is 14.6 Å². The van der Waals surface area contributed by atoms with Crippen LogP contribution in [-0.4, -0.2) is 25.2 Å². The van der Waals surface area contributed by atoms with Gasteiger partial charge in [-0.05, 0) is 51.9 Å². The average Bonchev–Trinajstić information content (AvgIpc) is 2.33. The molecule has 0 aromatic rings. The Kier molecular flexibility index (Phi) is 2.39. The Morgan fingerprint density at radius 3 is 2.39 bits per heavy atom. The molecular formula is C14H22O3S. The molecule has 1 saturated heterocycles. The molecule has 4 heteroatoms. The summed E-state index contributed by atoms with van der Waals surface area (Å²) < 4.78 is 31.0. The van der Waals surface area contributed by atoms with Crippen molar-refractivity contribution in [2.45, 2.75) is 57.5 Å². The smallest absolute Gasteiger partial charge is 0.178 e. The molecular weight excluding hydrogens is 248 g/mol. The summed E-state index contributed by atoms with van der Waals surface area (Å²) in [5.41, 5.74) is -1.15.